The molecule has 2 aliphatic heterocycles. The van der Waals surface area contributed by atoms with Crippen LogP contribution in [0.25, 0.3) is 6.08 Å². The van der Waals surface area contributed by atoms with Gasteiger partial charge in [0.2, 0.25) is 5.91 Å². The first-order valence-electron chi connectivity index (χ1n) is 8.63. The first-order valence-corrected chi connectivity index (χ1v) is 9.01. The quantitative estimate of drug-likeness (QED) is 0.836. The summed E-state index contributed by atoms with van der Waals surface area (Å²) < 4.78 is 0. The number of nitrogens with zero attached hydrogens (tertiary/aromatic N) is 2. The number of hydrogen-bond donors (Lipinski definition) is 0. The van der Waals surface area contributed by atoms with Crippen molar-refractivity contribution in [2.24, 2.45) is 0 Å². The van der Waals surface area contributed by atoms with Crippen molar-refractivity contribution >= 4 is 23.6 Å². The molecule has 2 bridgehead atoms. The van der Waals surface area contributed by atoms with E-state index in [2.05, 4.69) is 28.0 Å². The minimum absolute atomic E-state index is 0.302. The highest BCUT2D eigenvalue weighted by Gasteiger charge is 2.37. The van der Waals surface area contributed by atoms with Gasteiger partial charge in [0.15, 0.2) is 0 Å². The number of likely N-dealkylation sites (tertiary alicyclic amines) is 1. The lowest BCUT2D eigenvalue weighted by Crippen LogP contribution is -2.61. The van der Waals surface area contributed by atoms with E-state index in [0.29, 0.717) is 24.4 Å². The molecule has 2 saturated heterocycles. The van der Waals surface area contributed by atoms with Crippen LogP contribution < -0.4 is 0 Å². The van der Waals surface area contributed by atoms with Crippen molar-refractivity contribution in [3.63, 3.8) is 0 Å². The van der Waals surface area contributed by atoms with Crippen LogP contribution in [0.15, 0.2) is 30.3 Å². The fraction of sp³-hybridized carbons (Fsp3) is 0.526. The first kappa shape index (κ1) is 16.5. The maximum Gasteiger partial charge on any atom is 0.222 e. The molecule has 2 heterocycles. The lowest BCUT2D eigenvalue weighted by molar-refractivity contribution is -0.136. The Bertz CT molecular complexity index is 572. The molecule has 0 aliphatic carbocycles. The Balaban J connectivity index is 1.63. The van der Waals surface area contributed by atoms with Gasteiger partial charge in [0.25, 0.3) is 0 Å². The summed E-state index contributed by atoms with van der Waals surface area (Å²) in [5.41, 5.74) is 1.14. The number of halogens is 1. The second kappa shape index (κ2) is 7.50. The van der Waals surface area contributed by atoms with Gasteiger partial charge in [-0.15, -0.1) is 0 Å². The highest BCUT2D eigenvalue weighted by molar-refractivity contribution is 6.30. The molecule has 1 amide bonds. The van der Waals surface area contributed by atoms with E-state index in [0.717, 1.165) is 30.2 Å². The van der Waals surface area contributed by atoms with Crippen molar-refractivity contribution in [3.8, 4) is 0 Å². The fourth-order valence-corrected chi connectivity index (χ4v) is 4.04. The van der Waals surface area contributed by atoms with Crippen molar-refractivity contribution in [1.29, 1.82) is 0 Å². The third-order valence-electron chi connectivity index (χ3n) is 5.01. The molecule has 4 heteroatoms. The normalized spacial score (nSPS) is 25.0. The summed E-state index contributed by atoms with van der Waals surface area (Å²) in [5.74, 6) is 0.302. The average Bonchev–Trinajstić information content (AvgIpc) is 2.53. The molecular weight excluding hydrogens is 308 g/mol. The Morgan fingerprint density at radius 2 is 2.04 bits per heavy atom. The average molecular weight is 333 g/mol. The van der Waals surface area contributed by atoms with Gasteiger partial charge in [-0.05, 0) is 30.5 Å². The SMILES string of the molecule is CCC(=O)N1CC2CCCC(C1)N2C/C=C/c1cccc(Cl)c1. The summed E-state index contributed by atoms with van der Waals surface area (Å²) in [6.45, 7) is 4.70. The molecule has 0 N–H and O–H groups in total. The van der Waals surface area contributed by atoms with Crippen LogP contribution in [0, 0.1) is 0 Å². The number of carbonyl (C=O) groups excluding carboxylic acids is 1. The van der Waals surface area contributed by atoms with Crippen molar-refractivity contribution in [3.05, 3.63) is 40.9 Å². The fourth-order valence-electron chi connectivity index (χ4n) is 3.84. The summed E-state index contributed by atoms with van der Waals surface area (Å²) in [4.78, 5) is 16.7. The number of amides is 1. The Hall–Kier alpha value is -1.32. The molecule has 2 unspecified atom stereocenters. The number of piperazine rings is 1. The summed E-state index contributed by atoms with van der Waals surface area (Å²) in [6, 6.07) is 8.96. The van der Waals surface area contributed by atoms with Gasteiger partial charge in [-0.1, -0.05) is 49.2 Å². The van der Waals surface area contributed by atoms with Gasteiger partial charge in [0.1, 0.15) is 0 Å². The number of benzene rings is 1. The Morgan fingerprint density at radius 3 is 2.70 bits per heavy atom. The standard InChI is InChI=1S/C19H25ClN2O/c1-2-19(23)21-13-17-9-4-10-18(14-21)22(17)11-5-7-15-6-3-8-16(20)12-15/h3,5-8,12,17-18H,2,4,9-11,13-14H2,1H3/b7-5+. The van der Waals surface area contributed by atoms with Crippen molar-refractivity contribution in [2.45, 2.75) is 44.7 Å². The van der Waals surface area contributed by atoms with E-state index >= 15 is 0 Å². The van der Waals surface area contributed by atoms with Crippen molar-refractivity contribution < 1.29 is 4.79 Å². The molecule has 2 aliphatic rings. The molecule has 0 saturated carbocycles. The summed E-state index contributed by atoms with van der Waals surface area (Å²) >= 11 is 6.03. The third kappa shape index (κ3) is 3.96. The zero-order valence-electron chi connectivity index (χ0n) is 13.7. The molecule has 2 fully saturated rings. The molecule has 3 nitrogen and oxygen atoms in total. The summed E-state index contributed by atoms with van der Waals surface area (Å²) in [7, 11) is 0. The van der Waals surface area contributed by atoms with E-state index in [9.17, 15) is 4.79 Å². The van der Waals surface area contributed by atoms with Crippen LogP contribution >= 0.6 is 11.6 Å². The molecule has 1 aromatic carbocycles. The molecule has 1 aromatic rings. The minimum atomic E-state index is 0.302. The molecular formula is C19H25ClN2O. The van der Waals surface area contributed by atoms with E-state index in [1.54, 1.807) is 0 Å². The Kier molecular flexibility index (Phi) is 5.39. The van der Waals surface area contributed by atoms with Gasteiger partial charge in [-0.3, -0.25) is 9.69 Å². The van der Waals surface area contributed by atoms with Gasteiger partial charge in [0.05, 0.1) is 0 Å². The maximum absolute atomic E-state index is 12.0. The van der Waals surface area contributed by atoms with Gasteiger partial charge in [-0.25, -0.2) is 0 Å². The maximum atomic E-state index is 12.0. The van der Waals surface area contributed by atoms with Crippen LogP contribution in [-0.4, -0.2) is 47.4 Å². The van der Waals surface area contributed by atoms with Gasteiger partial charge in [0, 0.05) is 43.2 Å². The van der Waals surface area contributed by atoms with Crippen LogP contribution in [0.1, 0.15) is 38.2 Å². The Morgan fingerprint density at radius 1 is 1.30 bits per heavy atom. The molecule has 0 radical (unpaired) electrons. The summed E-state index contributed by atoms with van der Waals surface area (Å²) in [6.07, 6.45) is 8.69. The molecule has 0 spiro atoms. The van der Waals surface area contributed by atoms with E-state index < -0.39 is 0 Å². The van der Waals surface area contributed by atoms with E-state index in [-0.39, 0.29) is 0 Å². The van der Waals surface area contributed by atoms with Crippen LogP contribution in [0.4, 0.5) is 0 Å². The highest BCUT2D eigenvalue weighted by atomic mass is 35.5. The van der Waals surface area contributed by atoms with Crippen LogP contribution in [0.5, 0.6) is 0 Å². The van der Waals surface area contributed by atoms with E-state index in [1.165, 1.54) is 19.3 Å². The second-order valence-corrected chi connectivity index (χ2v) is 6.98. The first-order chi connectivity index (χ1) is 11.2. The van der Waals surface area contributed by atoms with Gasteiger partial charge < -0.3 is 4.90 Å². The number of piperidine rings is 1. The van der Waals surface area contributed by atoms with Crippen molar-refractivity contribution in [2.75, 3.05) is 19.6 Å². The zero-order chi connectivity index (χ0) is 16.2. The smallest absolute Gasteiger partial charge is 0.222 e. The van der Waals surface area contributed by atoms with Crippen LogP contribution in [0.3, 0.4) is 0 Å². The lowest BCUT2D eigenvalue weighted by atomic mass is 9.91. The highest BCUT2D eigenvalue weighted by Crippen LogP contribution is 2.29. The predicted octanol–water partition coefficient (Wildman–Crippen LogP) is 3.83. The molecule has 3 rings (SSSR count). The van der Waals surface area contributed by atoms with Gasteiger partial charge in [-0.2, -0.15) is 0 Å². The van der Waals surface area contributed by atoms with Crippen LogP contribution in [-0.2, 0) is 4.79 Å². The zero-order valence-corrected chi connectivity index (χ0v) is 14.5. The molecule has 124 valence electrons. The third-order valence-corrected chi connectivity index (χ3v) is 5.24. The Labute approximate surface area is 143 Å². The largest absolute Gasteiger partial charge is 0.340 e. The predicted molar refractivity (Wildman–Crippen MR) is 95.5 cm³/mol. The lowest BCUT2D eigenvalue weighted by Gasteiger charge is -2.50. The number of hydrogen-bond acceptors (Lipinski definition) is 2. The van der Waals surface area contributed by atoms with E-state index in [4.69, 9.17) is 11.6 Å². The summed E-state index contributed by atoms with van der Waals surface area (Å²) in [5, 5.41) is 0.774. The van der Waals surface area contributed by atoms with E-state index in [1.807, 2.05) is 25.1 Å². The number of rotatable bonds is 4. The molecule has 2 atom stereocenters. The van der Waals surface area contributed by atoms with Gasteiger partial charge >= 0.3 is 0 Å². The van der Waals surface area contributed by atoms with Crippen LogP contribution in [0.2, 0.25) is 5.02 Å². The second-order valence-electron chi connectivity index (χ2n) is 6.54. The number of fused-ring (bicyclic) bond motifs is 2. The molecule has 0 aromatic heterocycles. The monoisotopic (exact) mass is 332 g/mol. The number of carbonyl (C=O) groups is 1. The minimum Gasteiger partial charge on any atom is -0.340 e. The molecule has 23 heavy (non-hydrogen) atoms. The topological polar surface area (TPSA) is 23.6 Å². The van der Waals surface area contributed by atoms with Crippen molar-refractivity contribution in [1.82, 2.24) is 9.80 Å².